The number of aryl methyl sites for hydroxylation is 2. The Morgan fingerprint density at radius 3 is 2.52 bits per heavy atom. The highest BCUT2D eigenvalue weighted by Gasteiger charge is 2.47. The standard InChI is InChI=1S/C20H23N3O2/c1-20(2)18(25-16-9-10-21-23(16)20)19(24)22-17-14-7-3-5-12(14)11-13-6-4-8-15(13)17/h9-11,18H,3-8H2,1-2H3,(H,22,24). The van der Waals surface area contributed by atoms with Crippen LogP contribution in [0.5, 0.6) is 5.88 Å². The summed E-state index contributed by atoms with van der Waals surface area (Å²) < 4.78 is 7.73. The molecule has 0 radical (unpaired) electrons. The van der Waals surface area contributed by atoms with Gasteiger partial charge >= 0.3 is 0 Å². The lowest BCUT2D eigenvalue weighted by molar-refractivity contribution is -0.124. The third kappa shape index (κ3) is 2.08. The first-order valence-electron chi connectivity index (χ1n) is 9.24. The van der Waals surface area contributed by atoms with E-state index in [4.69, 9.17) is 4.74 Å². The lowest BCUT2D eigenvalue weighted by Crippen LogP contribution is -2.45. The second kappa shape index (κ2) is 5.10. The summed E-state index contributed by atoms with van der Waals surface area (Å²) >= 11 is 0. The van der Waals surface area contributed by atoms with Crippen molar-refractivity contribution in [2.75, 3.05) is 5.32 Å². The van der Waals surface area contributed by atoms with Gasteiger partial charge in [-0.1, -0.05) is 6.07 Å². The molecule has 0 saturated carbocycles. The fourth-order valence-electron chi connectivity index (χ4n) is 4.72. The van der Waals surface area contributed by atoms with Gasteiger partial charge in [0, 0.05) is 11.8 Å². The zero-order valence-corrected chi connectivity index (χ0v) is 14.8. The summed E-state index contributed by atoms with van der Waals surface area (Å²) in [6.07, 6.45) is 7.90. The second-order valence-electron chi connectivity index (χ2n) is 7.96. The summed E-state index contributed by atoms with van der Waals surface area (Å²) in [6.45, 7) is 4.00. The average molecular weight is 337 g/mol. The quantitative estimate of drug-likeness (QED) is 0.916. The third-order valence-electron chi connectivity index (χ3n) is 5.99. The summed E-state index contributed by atoms with van der Waals surface area (Å²) in [5.41, 5.74) is 6.14. The van der Waals surface area contributed by atoms with Crippen molar-refractivity contribution >= 4 is 11.6 Å². The van der Waals surface area contributed by atoms with Gasteiger partial charge in [-0.05, 0) is 74.6 Å². The summed E-state index contributed by atoms with van der Waals surface area (Å²) in [5, 5.41) is 7.58. The molecular formula is C20H23N3O2. The molecule has 1 unspecified atom stereocenters. The third-order valence-corrected chi connectivity index (χ3v) is 5.99. The van der Waals surface area contributed by atoms with Crippen LogP contribution < -0.4 is 10.1 Å². The number of hydrogen-bond acceptors (Lipinski definition) is 3. The first kappa shape index (κ1) is 15.0. The highest BCUT2D eigenvalue weighted by Crippen LogP contribution is 2.40. The van der Waals surface area contributed by atoms with Gasteiger partial charge in [-0.2, -0.15) is 5.10 Å². The number of nitrogens with zero attached hydrogens (tertiary/aromatic N) is 2. The lowest BCUT2D eigenvalue weighted by atomic mass is 9.95. The minimum Gasteiger partial charge on any atom is -0.462 e. The normalized spacial score (nSPS) is 22.2. The fourth-order valence-corrected chi connectivity index (χ4v) is 4.72. The van der Waals surface area contributed by atoms with Crippen molar-refractivity contribution < 1.29 is 9.53 Å². The van der Waals surface area contributed by atoms with Crippen LogP contribution in [0.1, 0.15) is 48.9 Å². The van der Waals surface area contributed by atoms with Crippen molar-refractivity contribution in [3.8, 4) is 5.88 Å². The SMILES string of the molecule is CC1(C)C(C(=O)Nc2c3c(cc4c2CCC4)CCC3)Oc2ccnn21. The van der Waals surface area contributed by atoms with E-state index in [-0.39, 0.29) is 5.91 Å². The Morgan fingerprint density at radius 2 is 1.88 bits per heavy atom. The molecule has 1 atom stereocenters. The van der Waals surface area contributed by atoms with E-state index in [2.05, 4.69) is 16.5 Å². The van der Waals surface area contributed by atoms with Crippen molar-refractivity contribution in [2.24, 2.45) is 0 Å². The summed E-state index contributed by atoms with van der Waals surface area (Å²) in [5.74, 6) is 0.596. The Hall–Kier alpha value is -2.30. The van der Waals surface area contributed by atoms with Crippen LogP contribution in [-0.2, 0) is 36.0 Å². The molecule has 1 aliphatic heterocycles. The molecular weight excluding hydrogens is 314 g/mol. The number of anilines is 1. The van der Waals surface area contributed by atoms with Crippen LogP contribution in [0, 0.1) is 0 Å². The molecule has 0 bridgehead atoms. The van der Waals surface area contributed by atoms with Gasteiger partial charge < -0.3 is 10.1 Å². The molecule has 0 spiro atoms. The van der Waals surface area contributed by atoms with E-state index < -0.39 is 11.6 Å². The number of carbonyl (C=O) groups excluding carboxylic acids is 1. The molecule has 25 heavy (non-hydrogen) atoms. The fraction of sp³-hybridized carbons (Fsp3) is 0.500. The van der Waals surface area contributed by atoms with Crippen LogP contribution in [0.15, 0.2) is 18.3 Å². The van der Waals surface area contributed by atoms with E-state index in [1.807, 2.05) is 19.9 Å². The molecule has 3 aliphatic rings. The maximum Gasteiger partial charge on any atom is 0.268 e. The number of carbonyl (C=O) groups is 1. The topological polar surface area (TPSA) is 56.1 Å². The number of ether oxygens (including phenoxy) is 1. The number of fused-ring (bicyclic) bond motifs is 3. The molecule has 5 heteroatoms. The van der Waals surface area contributed by atoms with Crippen molar-refractivity contribution in [3.63, 3.8) is 0 Å². The highest BCUT2D eigenvalue weighted by molar-refractivity contribution is 5.97. The van der Waals surface area contributed by atoms with Crippen LogP contribution in [0.25, 0.3) is 0 Å². The highest BCUT2D eigenvalue weighted by atomic mass is 16.5. The predicted molar refractivity (Wildman–Crippen MR) is 95.1 cm³/mol. The molecule has 0 fully saturated rings. The molecule has 5 nitrogen and oxygen atoms in total. The molecule has 1 N–H and O–H groups in total. The van der Waals surface area contributed by atoms with E-state index >= 15 is 0 Å². The second-order valence-corrected chi connectivity index (χ2v) is 7.96. The zero-order valence-electron chi connectivity index (χ0n) is 14.8. The summed E-state index contributed by atoms with van der Waals surface area (Å²) in [4.78, 5) is 13.1. The van der Waals surface area contributed by atoms with Gasteiger partial charge in [-0.25, -0.2) is 4.68 Å². The average Bonchev–Trinajstić information content (AvgIpc) is 3.32. The molecule has 1 amide bonds. The van der Waals surface area contributed by atoms with E-state index in [0.29, 0.717) is 5.88 Å². The first-order valence-corrected chi connectivity index (χ1v) is 9.24. The number of amides is 1. The van der Waals surface area contributed by atoms with E-state index in [0.717, 1.165) is 31.4 Å². The summed E-state index contributed by atoms with van der Waals surface area (Å²) in [6, 6.07) is 4.19. The van der Waals surface area contributed by atoms with Gasteiger partial charge in [0.1, 0.15) is 5.54 Å². The van der Waals surface area contributed by atoms with Crippen LogP contribution in [0.2, 0.25) is 0 Å². The summed E-state index contributed by atoms with van der Waals surface area (Å²) in [7, 11) is 0. The maximum absolute atomic E-state index is 13.1. The van der Waals surface area contributed by atoms with Crippen molar-refractivity contribution in [2.45, 2.75) is 64.0 Å². The number of benzene rings is 1. The van der Waals surface area contributed by atoms with Crippen molar-refractivity contribution in [1.29, 1.82) is 0 Å². The molecule has 130 valence electrons. The Morgan fingerprint density at radius 1 is 1.20 bits per heavy atom. The van der Waals surface area contributed by atoms with Gasteiger partial charge in [-0.3, -0.25) is 4.79 Å². The Labute approximate surface area is 147 Å². The maximum atomic E-state index is 13.1. The van der Waals surface area contributed by atoms with Crippen LogP contribution in [0.3, 0.4) is 0 Å². The van der Waals surface area contributed by atoms with Gasteiger partial charge in [0.2, 0.25) is 12.0 Å². The van der Waals surface area contributed by atoms with Crippen molar-refractivity contribution in [3.05, 3.63) is 40.6 Å². The van der Waals surface area contributed by atoms with E-state index in [1.165, 1.54) is 35.1 Å². The minimum atomic E-state index is -0.564. The Kier molecular flexibility index (Phi) is 3.06. The number of nitrogens with one attached hydrogen (secondary N) is 1. The molecule has 2 heterocycles. The Balaban J connectivity index is 1.49. The van der Waals surface area contributed by atoms with Crippen LogP contribution in [0.4, 0.5) is 5.69 Å². The molecule has 1 aromatic heterocycles. The van der Waals surface area contributed by atoms with Gasteiger partial charge in [0.15, 0.2) is 0 Å². The van der Waals surface area contributed by atoms with Gasteiger partial charge in [0.05, 0.1) is 6.20 Å². The molecule has 2 aliphatic carbocycles. The minimum absolute atomic E-state index is 0.0649. The van der Waals surface area contributed by atoms with Gasteiger partial charge in [0.25, 0.3) is 5.91 Å². The predicted octanol–water partition coefficient (Wildman–Crippen LogP) is 3.00. The monoisotopic (exact) mass is 337 g/mol. The number of aromatic nitrogens is 2. The number of rotatable bonds is 2. The zero-order chi connectivity index (χ0) is 17.2. The number of hydrogen-bond donors (Lipinski definition) is 1. The van der Waals surface area contributed by atoms with Crippen LogP contribution >= 0.6 is 0 Å². The van der Waals surface area contributed by atoms with E-state index in [9.17, 15) is 4.79 Å². The van der Waals surface area contributed by atoms with Crippen molar-refractivity contribution in [1.82, 2.24) is 9.78 Å². The molecule has 1 aromatic carbocycles. The smallest absolute Gasteiger partial charge is 0.268 e. The van der Waals surface area contributed by atoms with Gasteiger partial charge in [-0.15, -0.1) is 0 Å². The van der Waals surface area contributed by atoms with Crippen LogP contribution in [-0.4, -0.2) is 21.8 Å². The molecule has 2 aromatic rings. The molecule has 5 rings (SSSR count). The largest absolute Gasteiger partial charge is 0.462 e. The molecule has 0 saturated heterocycles. The Bertz CT molecular complexity index is 849. The first-order chi connectivity index (χ1) is 12.1. The van der Waals surface area contributed by atoms with E-state index in [1.54, 1.807) is 10.9 Å². The lowest BCUT2D eigenvalue weighted by Gasteiger charge is -2.26.